The van der Waals surface area contributed by atoms with Crippen molar-refractivity contribution in [1.29, 1.82) is 0 Å². The van der Waals surface area contributed by atoms with Gasteiger partial charge in [0.1, 0.15) is 0 Å². The van der Waals surface area contributed by atoms with E-state index >= 15 is 0 Å². The molecule has 5 nitrogen and oxygen atoms in total. The van der Waals surface area contributed by atoms with Gasteiger partial charge in [-0.1, -0.05) is 6.92 Å². The summed E-state index contributed by atoms with van der Waals surface area (Å²) >= 11 is 0. The quantitative estimate of drug-likeness (QED) is 0.435. The Morgan fingerprint density at radius 3 is 2.90 bits per heavy atom. The Bertz CT molecular complexity index is 184. The fourth-order valence-corrected chi connectivity index (χ4v) is 0.657. The molecule has 0 fully saturated rings. The third-order valence-corrected chi connectivity index (χ3v) is 1.36. The van der Waals surface area contributed by atoms with Crippen molar-refractivity contribution < 1.29 is 0 Å². The summed E-state index contributed by atoms with van der Waals surface area (Å²) in [7, 11) is 0. The molecule has 1 aliphatic rings. The van der Waals surface area contributed by atoms with E-state index in [9.17, 15) is 0 Å². The van der Waals surface area contributed by atoms with Crippen LogP contribution in [-0.2, 0) is 0 Å². The van der Waals surface area contributed by atoms with Gasteiger partial charge in [-0.3, -0.25) is 5.73 Å². The predicted octanol–water partition coefficient (Wildman–Crippen LogP) is -1.04. The van der Waals surface area contributed by atoms with Gasteiger partial charge in [0.15, 0.2) is 5.79 Å². The molecule has 5 N–H and O–H groups in total. The van der Waals surface area contributed by atoms with Gasteiger partial charge in [-0.25, -0.2) is 9.98 Å². The second-order valence-corrected chi connectivity index (χ2v) is 2.15. The Kier molecular flexibility index (Phi) is 1.58. The highest BCUT2D eigenvalue weighted by Gasteiger charge is 2.21. The van der Waals surface area contributed by atoms with Crippen LogP contribution in [0.1, 0.15) is 13.3 Å². The number of nitrogens with two attached hydrogens (primary N) is 2. The topological polar surface area (TPSA) is 88.8 Å². The maximum atomic E-state index is 5.68. The van der Waals surface area contributed by atoms with Crippen LogP contribution in [0.15, 0.2) is 9.98 Å². The molecule has 10 heavy (non-hydrogen) atoms. The van der Waals surface area contributed by atoms with E-state index in [1.165, 1.54) is 6.34 Å². The molecule has 0 aliphatic carbocycles. The smallest absolute Gasteiger partial charge is 0.220 e. The number of hydrogen-bond acceptors (Lipinski definition) is 5. The molecule has 1 heterocycles. The van der Waals surface area contributed by atoms with Crippen molar-refractivity contribution in [2.75, 3.05) is 0 Å². The molecule has 5 heteroatoms. The fourth-order valence-electron chi connectivity index (χ4n) is 0.657. The largest absolute Gasteiger partial charge is 0.368 e. The molecule has 1 rings (SSSR count). The summed E-state index contributed by atoms with van der Waals surface area (Å²) in [4.78, 5) is 7.58. The Labute approximate surface area is 59.2 Å². The van der Waals surface area contributed by atoms with Crippen LogP contribution in [0.5, 0.6) is 0 Å². The van der Waals surface area contributed by atoms with Gasteiger partial charge in [-0.15, -0.1) is 0 Å². The molecule has 56 valence electrons. The first-order valence-electron chi connectivity index (χ1n) is 3.11. The van der Waals surface area contributed by atoms with Gasteiger partial charge in [0.2, 0.25) is 5.96 Å². The van der Waals surface area contributed by atoms with Crippen molar-refractivity contribution in [3.63, 3.8) is 0 Å². The number of rotatable bonds is 1. The number of hydrogen-bond donors (Lipinski definition) is 3. The first-order valence-corrected chi connectivity index (χ1v) is 3.11. The molecule has 1 atom stereocenters. The third kappa shape index (κ3) is 1.24. The van der Waals surface area contributed by atoms with Crippen molar-refractivity contribution in [1.82, 2.24) is 5.32 Å². The van der Waals surface area contributed by atoms with Crippen LogP contribution >= 0.6 is 0 Å². The van der Waals surface area contributed by atoms with Crippen LogP contribution in [0.4, 0.5) is 0 Å². The number of aliphatic imine (C=N–C) groups is 2. The van der Waals surface area contributed by atoms with E-state index in [0.717, 1.165) is 0 Å². The molecule has 0 saturated heterocycles. The van der Waals surface area contributed by atoms with Crippen LogP contribution in [0.2, 0.25) is 0 Å². The second kappa shape index (κ2) is 2.26. The lowest BCUT2D eigenvalue weighted by atomic mass is 10.3. The van der Waals surface area contributed by atoms with Crippen molar-refractivity contribution >= 4 is 12.3 Å². The minimum Gasteiger partial charge on any atom is -0.368 e. The van der Waals surface area contributed by atoms with Crippen molar-refractivity contribution in [2.24, 2.45) is 21.5 Å². The van der Waals surface area contributed by atoms with Crippen molar-refractivity contribution in [3.8, 4) is 0 Å². The number of nitrogens with zero attached hydrogens (tertiary/aromatic N) is 2. The zero-order chi connectivity index (χ0) is 7.61. The van der Waals surface area contributed by atoms with Gasteiger partial charge in [0, 0.05) is 6.42 Å². The average molecular weight is 141 g/mol. The normalized spacial score (nSPS) is 31.2. The monoisotopic (exact) mass is 141 g/mol. The fraction of sp³-hybridized carbons (Fsp3) is 0.600. The summed E-state index contributed by atoms with van der Waals surface area (Å²) in [6.07, 6.45) is 2.14. The van der Waals surface area contributed by atoms with E-state index in [0.29, 0.717) is 6.42 Å². The number of guanidine groups is 1. The van der Waals surface area contributed by atoms with E-state index in [4.69, 9.17) is 11.5 Å². The summed E-state index contributed by atoms with van der Waals surface area (Å²) in [6, 6.07) is 0. The Hall–Kier alpha value is -1.10. The Morgan fingerprint density at radius 2 is 2.50 bits per heavy atom. The van der Waals surface area contributed by atoms with Crippen LogP contribution in [-0.4, -0.2) is 18.1 Å². The molecule has 1 aliphatic heterocycles. The minimum atomic E-state index is -0.744. The lowest BCUT2D eigenvalue weighted by molar-refractivity contribution is 0.398. The maximum Gasteiger partial charge on any atom is 0.220 e. The standard InChI is InChI=1S/C5H11N5/c1-2-5(7)9-3-8-4(6)10-5/h3H,2,7H2,1H3,(H3,6,8,9,10). The summed E-state index contributed by atoms with van der Waals surface area (Å²) in [6.45, 7) is 1.92. The van der Waals surface area contributed by atoms with Gasteiger partial charge >= 0.3 is 0 Å². The van der Waals surface area contributed by atoms with E-state index in [2.05, 4.69) is 15.3 Å². The summed E-state index contributed by atoms with van der Waals surface area (Å²) < 4.78 is 0. The molecular formula is C5H11N5. The Balaban J connectivity index is 2.76. The van der Waals surface area contributed by atoms with Gasteiger partial charge in [-0.2, -0.15) is 0 Å². The van der Waals surface area contributed by atoms with Crippen molar-refractivity contribution in [2.45, 2.75) is 19.1 Å². The second-order valence-electron chi connectivity index (χ2n) is 2.15. The van der Waals surface area contributed by atoms with E-state index in [1.807, 2.05) is 6.92 Å². The Morgan fingerprint density at radius 1 is 1.80 bits per heavy atom. The zero-order valence-electron chi connectivity index (χ0n) is 5.83. The van der Waals surface area contributed by atoms with Crippen LogP contribution < -0.4 is 16.8 Å². The van der Waals surface area contributed by atoms with Crippen LogP contribution in [0, 0.1) is 0 Å². The minimum absolute atomic E-state index is 0.225. The van der Waals surface area contributed by atoms with Crippen LogP contribution in [0.25, 0.3) is 0 Å². The molecule has 0 spiro atoms. The van der Waals surface area contributed by atoms with E-state index < -0.39 is 5.79 Å². The molecule has 0 aromatic carbocycles. The maximum absolute atomic E-state index is 5.68. The number of nitrogens with one attached hydrogen (secondary N) is 1. The van der Waals surface area contributed by atoms with Gasteiger partial charge < -0.3 is 11.1 Å². The van der Waals surface area contributed by atoms with Gasteiger partial charge in [-0.05, 0) is 0 Å². The van der Waals surface area contributed by atoms with Crippen molar-refractivity contribution in [3.05, 3.63) is 0 Å². The molecule has 0 amide bonds. The summed E-state index contributed by atoms with van der Waals surface area (Å²) in [5.41, 5.74) is 11.0. The molecule has 0 saturated carbocycles. The molecule has 0 radical (unpaired) electrons. The molecular weight excluding hydrogens is 130 g/mol. The lowest BCUT2D eigenvalue weighted by Gasteiger charge is -2.25. The molecule has 0 aromatic rings. The van der Waals surface area contributed by atoms with Crippen LogP contribution in [0.3, 0.4) is 0 Å². The zero-order valence-corrected chi connectivity index (χ0v) is 5.83. The lowest BCUT2D eigenvalue weighted by Crippen LogP contribution is -2.53. The average Bonchev–Trinajstić information content (AvgIpc) is 1.88. The first kappa shape index (κ1) is 7.01. The SMILES string of the molecule is CCC1(N)N=C(N)N=CN1. The summed E-state index contributed by atoms with van der Waals surface area (Å²) in [5, 5.41) is 2.79. The highest BCUT2D eigenvalue weighted by molar-refractivity contribution is 5.88. The molecule has 0 bridgehead atoms. The van der Waals surface area contributed by atoms with Gasteiger partial charge in [0.05, 0.1) is 6.34 Å². The van der Waals surface area contributed by atoms with E-state index in [1.54, 1.807) is 0 Å². The molecule has 0 aromatic heterocycles. The summed E-state index contributed by atoms with van der Waals surface area (Å²) in [5.74, 6) is -0.519. The third-order valence-electron chi connectivity index (χ3n) is 1.36. The highest BCUT2D eigenvalue weighted by atomic mass is 15.3. The first-order chi connectivity index (χ1) is 4.66. The van der Waals surface area contributed by atoms with E-state index in [-0.39, 0.29) is 5.96 Å². The predicted molar refractivity (Wildman–Crippen MR) is 40.5 cm³/mol. The molecule has 1 unspecified atom stereocenters. The van der Waals surface area contributed by atoms with Gasteiger partial charge in [0.25, 0.3) is 0 Å². The highest BCUT2D eigenvalue weighted by Crippen LogP contribution is 2.04.